The van der Waals surface area contributed by atoms with Crippen molar-refractivity contribution in [1.29, 1.82) is 0 Å². The van der Waals surface area contributed by atoms with Gasteiger partial charge >= 0.3 is 0 Å². The minimum Gasteiger partial charge on any atom is -0.335 e. The topological polar surface area (TPSA) is 40.6 Å². The van der Waals surface area contributed by atoms with E-state index in [9.17, 15) is 18.4 Å². The van der Waals surface area contributed by atoms with Crippen LogP contribution in [0.25, 0.3) is 0 Å². The third-order valence-electron chi connectivity index (χ3n) is 4.18. The monoisotopic (exact) mass is 398 g/mol. The second-order valence-electron chi connectivity index (χ2n) is 5.84. The van der Waals surface area contributed by atoms with Crippen molar-refractivity contribution in [3.63, 3.8) is 0 Å². The van der Waals surface area contributed by atoms with Crippen molar-refractivity contribution in [2.45, 2.75) is 0 Å². The van der Waals surface area contributed by atoms with Gasteiger partial charge in [-0.25, -0.2) is 8.78 Å². The van der Waals surface area contributed by atoms with Crippen molar-refractivity contribution in [1.82, 2.24) is 9.80 Å². The Bertz CT molecular complexity index is 868. The van der Waals surface area contributed by atoms with Crippen molar-refractivity contribution in [2.75, 3.05) is 26.2 Å². The van der Waals surface area contributed by atoms with Crippen molar-refractivity contribution in [3.05, 3.63) is 69.2 Å². The first-order chi connectivity index (χ1) is 12.4. The van der Waals surface area contributed by atoms with Gasteiger partial charge in [0.05, 0.1) is 10.6 Å². The van der Waals surface area contributed by atoms with Gasteiger partial charge in [0.1, 0.15) is 0 Å². The number of carbonyl (C=O) groups excluding carboxylic acids is 2. The molecule has 4 nitrogen and oxygen atoms in total. The number of piperazine rings is 1. The predicted molar refractivity (Wildman–Crippen MR) is 94.6 cm³/mol. The predicted octanol–water partition coefficient (Wildman–Crippen LogP) is 3.87. The van der Waals surface area contributed by atoms with Crippen molar-refractivity contribution in [3.8, 4) is 0 Å². The standard InChI is InChI=1S/C18H14Cl2F2N2O2/c19-12-2-3-13(14(20)10-12)18(26)24-7-5-23(6-8-24)17(25)11-1-4-15(21)16(22)9-11/h1-4,9-10H,5-8H2. The molecule has 2 aromatic carbocycles. The van der Waals surface area contributed by atoms with Crippen molar-refractivity contribution >= 4 is 35.0 Å². The molecule has 0 unspecified atom stereocenters. The molecule has 0 bridgehead atoms. The van der Waals surface area contributed by atoms with Gasteiger partial charge in [-0.2, -0.15) is 0 Å². The van der Waals surface area contributed by atoms with Gasteiger partial charge in [0.2, 0.25) is 0 Å². The average Bonchev–Trinajstić information content (AvgIpc) is 2.63. The molecule has 8 heteroatoms. The smallest absolute Gasteiger partial charge is 0.255 e. The molecule has 1 heterocycles. The van der Waals surface area contributed by atoms with Gasteiger partial charge in [0.15, 0.2) is 11.6 Å². The molecule has 3 rings (SSSR count). The third-order valence-corrected chi connectivity index (χ3v) is 4.73. The van der Waals surface area contributed by atoms with E-state index < -0.39 is 17.5 Å². The summed E-state index contributed by atoms with van der Waals surface area (Å²) < 4.78 is 26.3. The molecule has 0 saturated carbocycles. The molecule has 1 fully saturated rings. The highest BCUT2D eigenvalue weighted by Crippen LogP contribution is 2.23. The fraction of sp³-hybridized carbons (Fsp3) is 0.222. The number of amides is 2. The maximum Gasteiger partial charge on any atom is 0.255 e. The second kappa shape index (κ2) is 7.60. The molecule has 1 saturated heterocycles. The van der Waals surface area contributed by atoms with E-state index in [0.29, 0.717) is 23.7 Å². The molecule has 0 N–H and O–H groups in total. The van der Waals surface area contributed by atoms with Crippen LogP contribution in [0.4, 0.5) is 8.78 Å². The van der Waals surface area contributed by atoms with Crippen molar-refractivity contribution < 1.29 is 18.4 Å². The Hall–Kier alpha value is -2.18. The summed E-state index contributed by atoms with van der Waals surface area (Å²) >= 11 is 11.9. The van der Waals surface area contributed by atoms with Gasteiger partial charge in [-0.05, 0) is 36.4 Å². The summed E-state index contributed by atoms with van der Waals surface area (Å²) in [5.74, 6) is -2.72. The Morgan fingerprint density at radius 3 is 2.00 bits per heavy atom. The van der Waals surface area contributed by atoms with Crippen LogP contribution in [-0.4, -0.2) is 47.8 Å². The molecule has 0 spiro atoms. The zero-order valence-corrected chi connectivity index (χ0v) is 15.0. The SMILES string of the molecule is O=C(c1ccc(F)c(F)c1)N1CCN(C(=O)c2ccc(Cl)cc2Cl)CC1. The lowest BCUT2D eigenvalue weighted by Gasteiger charge is -2.35. The first-order valence-electron chi connectivity index (χ1n) is 7.85. The van der Waals surface area contributed by atoms with Crippen LogP contribution in [-0.2, 0) is 0 Å². The maximum absolute atomic E-state index is 13.3. The normalized spacial score (nSPS) is 14.5. The van der Waals surface area contributed by atoms with Crippen LogP contribution >= 0.6 is 23.2 Å². The molecule has 0 radical (unpaired) electrons. The van der Waals surface area contributed by atoms with Crippen LogP contribution in [0.1, 0.15) is 20.7 Å². The molecular weight excluding hydrogens is 385 g/mol. The summed E-state index contributed by atoms with van der Waals surface area (Å²) in [6, 6.07) is 7.69. The van der Waals surface area contributed by atoms with Crippen LogP contribution in [0.2, 0.25) is 10.0 Å². The Morgan fingerprint density at radius 1 is 0.808 bits per heavy atom. The number of rotatable bonds is 2. The molecule has 26 heavy (non-hydrogen) atoms. The van der Waals surface area contributed by atoms with Gasteiger partial charge in [0, 0.05) is 36.8 Å². The van der Waals surface area contributed by atoms with Crippen LogP contribution < -0.4 is 0 Å². The summed E-state index contributed by atoms with van der Waals surface area (Å²) in [6.45, 7) is 1.20. The van der Waals surface area contributed by atoms with Crippen LogP contribution in [0.3, 0.4) is 0 Å². The van der Waals surface area contributed by atoms with Crippen LogP contribution in [0, 0.1) is 11.6 Å². The largest absolute Gasteiger partial charge is 0.335 e. The molecule has 1 aliphatic rings. The minimum atomic E-state index is -1.07. The zero-order chi connectivity index (χ0) is 18.8. The van der Waals surface area contributed by atoms with Crippen molar-refractivity contribution in [2.24, 2.45) is 0 Å². The van der Waals surface area contributed by atoms with Gasteiger partial charge in [0.25, 0.3) is 11.8 Å². The first kappa shape index (κ1) is 18.6. The van der Waals surface area contributed by atoms with Gasteiger partial charge in [-0.15, -0.1) is 0 Å². The first-order valence-corrected chi connectivity index (χ1v) is 8.61. The number of hydrogen-bond donors (Lipinski definition) is 0. The molecular formula is C18H14Cl2F2N2O2. The molecule has 0 aromatic heterocycles. The van der Waals surface area contributed by atoms with E-state index in [0.717, 1.165) is 12.1 Å². The Labute approximate surface area is 158 Å². The maximum atomic E-state index is 13.3. The molecule has 0 atom stereocenters. The summed E-state index contributed by atoms with van der Waals surface area (Å²) in [7, 11) is 0. The number of halogens is 4. The quantitative estimate of drug-likeness (QED) is 0.770. The lowest BCUT2D eigenvalue weighted by Crippen LogP contribution is -2.50. The van der Waals surface area contributed by atoms with Crippen LogP contribution in [0.15, 0.2) is 36.4 Å². The Kier molecular flexibility index (Phi) is 5.44. The van der Waals surface area contributed by atoms with Crippen LogP contribution in [0.5, 0.6) is 0 Å². The number of carbonyl (C=O) groups is 2. The van der Waals surface area contributed by atoms with E-state index in [1.165, 1.54) is 17.0 Å². The molecule has 0 aliphatic carbocycles. The zero-order valence-electron chi connectivity index (χ0n) is 13.5. The number of hydrogen-bond acceptors (Lipinski definition) is 2. The average molecular weight is 399 g/mol. The highest BCUT2D eigenvalue weighted by Gasteiger charge is 2.26. The van der Waals surface area contributed by atoms with E-state index in [4.69, 9.17) is 23.2 Å². The highest BCUT2D eigenvalue weighted by atomic mass is 35.5. The van der Waals surface area contributed by atoms with Gasteiger partial charge < -0.3 is 9.80 Å². The summed E-state index contributed by atoms with van der Waals surface area (Å²) in [6.07, 6.45) is 0. The summed E-state index contributed by atoms with van der Waals surface area (Å²) in [5, 5.41) is 0.705. The summed E-state index contributed by atoms with van der Waals surface area (Å²) in [4.78, 5) is 28.1. The van der Waals surface area contributed by atoms with Gasteiger partial charge in [-0.1, -0.05) is 23.2 Å². The fourth-order valence-corrected chi connectivity index (χ4v) is 3.25. The fourth-order valence-electron chi connectivity index (χ4n) is 2.76. The second-order valence-corrected chi connectivity index (χ2v) is 6.68. The van der Waals surface area contributed by atoms with E-state index in [-0.39, 0.29) is 29.6 Å². The van der Waals surface area contributed by atoms with E-state index >= 15 is 0 Å². The number of nitrogens with zero attached hydrogens (tertiary/aromatic N) is 2. The number of benzene rings is 2. The Morgan fingerprint density at radius 2 is 1.42 bits per heavy atom. The molecule has 2 aromatic rings. The molecule has 2 amide bonds. The third kappa shape index (κ3) is 3.81. The van der Waals surface area contributed by atoms with E-state index in [1.807, 2.05) is 0 Å². The lowest BCUT2D eigenvalue weighted by atomic mass is 10.1. The lowest BCUT2D eigenvalue weighted by molar-refractivity contribution is 0.0535. The van der Waals surface area contributed by atoms with E-state index in [1.54, 1.807) is 17.0 Å². The minimum absolute atomic E-state index is 0.0735. The Balaban J connectivity index is 1.66. The van der Waals surface area contributed by atoms with Gasteiger partial charge in [-0.3, -0.25) is 9.59 Å². The van der Waals surface area contributed by atoms with E-state index in [2.05, 4.69) is 0 Å². The summed E-state index contributed by atoms with van der Waals surface area (Å²) in [5.41, 5.74) is 0.417. The highest BCUT2D eigenvalue weighted by molar-refractivity contribution is 6.36. The molecule has 1 aliphatic heterocycles. The molecule has 136 valence electrons.